The summed E-state index contributed by atoms with van der Waals surface area (Å²) in [4.78, 5) is 2.01. The van der Waals surface area contributed by atoms with Crippen LogP contribution in [-0.4, -0.2) is 37.6 Å². The van der Waals surface area contributed by atoms with E-state index in [-0.39, 0.29) is 6.23 Å². The van der Waals surface area contributed by atoms with Gasteiger partial charge in [-0.2, -0.15) is 0 Å². The summed E-state index contributed by atoms with van der Waals surface area (Å²) in [6, 6.07) is 0. The maximum absolute atomic E-state index is 5.51. The van der Waals surface area contributed by atoms with Gasteiger partial charge in [0.05, 0.1) is 6.61 Å². The summed E-state index contributed by atoms with van der Waals surface area (Å²) >= 11 is 0. The van der Waals surface area contributed by atoms with Crippen LogP contribution in [0.15, 0.2) is 0 Å². The van der Waals surface area contributed by atoms with Crippen molar-refractivity contribution in [3.05, 3.63) is 0 Å². The van der Waals surface area contributed by atoms with E-state index in [4.69, 9.17) is 9.47 Å². The summed E-state index contributed by atoms with van der Waals surface area (Å²) in [5, 5.41) is 0. The first-order valence-electron chi connectivity index (χ1n) is 3.49. The van der Waals surface area contributed by atoms with Gasteiger partial charge in [-0.05, 0) is 27.9 Å². The van der Waals surface area contributed by atoms with Crippen LogP contribution in [0.25, 0.3) is 0 Å². The molecule has 0 amide bonds. The molecule has 0 bridgehead atoms. The van der Waals surface area contributed by atoms with Crippen LogP contribution in [0.4, 0.5) is 0 Å². The quantitative estimate of drug-likeness (QED) is 0.541. The highest BCUT2D eigenvalue weighted by molar-refractivity contribution is 4.68. The molecule has 1 atom stereocenters. The standard InChI is InChI=1S/C7H15NO2/c1-7(2)9-5-6(10-7)8(3)4/h6H,5H2,1-4H3. The molecule has 60 valence electrons. The lowest BCUT2D eigenvalue weighted by Crippen LogP contribution is -2.31. The SMILES string of the molecule is CN(C)C1COC(C)(C)O1. The first kappa shape index (κ1) is 7.98. The number of likely N-dealkylation sites (N-methyl/N-ethyl adjacent to an activating group) is 1. The van der Waals surface area contributed by atoms with Crippen molar-refractivity contribution in [1.82, 2.24) is 4.90 Å². The molecule has 0 saturated carbocycles. The zero-order valence-electron chi connectivity index (χ0n) is 7.05. The Bertz CT molecular complexity index is 123. The van der Waals surface area contributed by atoms with E-state index in [2.05, 4.69) is 0 Å². The largest absolute Gasteiger partial charge is 0.346 e. The lowest BCUT2D eigenvalue weighted by molar-refractivity contribution is -0.154. The van der Waals surface area contributed by atoms with E-state index in [1.807, 2.05) is 32.8 Å². The fourth-order valence-electron chi connectivity index (χ4n) is 0.922. The molecule has 0 aromatic heterocycles. The van der Waals surface area contributed by atoms with Crippen LogP contribution in [0, 0.1) is 0 Å². The molecule has 0 radical (unpaired) electrons. The average molecular weight is 145 g/mol. The minimum Gasteiger partial charge on any atom is -0.346 e. The molecule has 0 aliphatic carbocycles. The van der Waals surface area contributed by atoms with Crippen molar-refractivity contribution in [2.45, 2.75) is 25.9 Å². The summed E-state index contributed by atoms with van der Waals surface area (Å²) in [6.07, 6.45) is 0.120. The molecule has 1 unspecified atom stereocenters. The van der Waals surface area contributed by atoms with E-state index in [1.165, 1.54) is 0 Å². The number of hydrogen-bond donors (Lipinski definition) is 0. The Morgan fingerprint density at radius 3 is 2.20 bits per heavy atom. The van der Waals surface area contributed by atoms with E-state index in [0.29, 0.717) is 6.61 Å². The summed E-state index contributed by atoms with van der Waals surface area (Å²) in [7, 11) is 3.96. The van der Waals surface area contributed by atoms with Gasteiger partial charge in [0.15, 0.2) is 5.79 Å². The Labute approximate surface area is 61.9 Å². The summed E-state index contributed by atoms with van der Waals surface area (Å²) in [6.45, 7) is 4.52. The molecule has 1 saturated heterocycles. The fourth-order valence-corrected chi connectivity index (χ4v) is 0.922. The van der Waals surface area contributed by atoms with Gasteiger partial charge in [-0.3, -0.25) is 4.90 Å². The van der Waals surface area contributed by atoms with Crippen LogP contribution in [0.5, 0.6) is 0 Å². The van der Waals surface area contributed by atoms with Gasteiger partial charge in [-0.25, -0.2) is 0 Å². The predicted octanol–water partition coefficient (Wildman–Crippen LogP) is 0.657. The predicted molar refractivity (Wildman–Crippen MR) is 38.6 cm³/mol. The summed E-state index contributed by atoms with van der Waals surface area (Å²) in [5.41, 5.74) is 0. The normalized spacial score (nSPS) is 31.5. The van der Waals surface area contributed by atoms with Gasteiger partial charge in [0, 0.05) is 0 Å². The van der Waals surface area contributed by atoms with Gasteiger partial charge < -0.3 is 9.47 Å². The molecular weight excluding hydrogens is 130 g/mol. The second-order valence-electron chi connectivity index (χ2n) is 3.25. The first-order valence-corrected chi connectivity index (χ1v) is 3.49. The molecule has 10 heavy (non-hydrogen) atoms. The topological polar surface area (TPSA) is 21.7 Å². The monoisotopic (exact) mass is 145 g/mol. The molecule has 3 heteroatoms. The maximum Gasteiger partial charge on any atom is 0.165 e. The second kappa shape index (κ2) is 2.49. The van der Waals surface area contributed by atoms with Gasteiger partial charge in [0.25, 0.3) is 0 Å². The molecule has 1 aliphatic rings. The van der Waals surface area contributed by atoms with Crippen LogP contribution < -0.4 is 0 Å². The van der Waals surface area contributed by atoms with E-state index < -0.39 is 5.79 Å². The van der Waals surface area contributed by atoms with Crippen molar-refractivity contribution >= 4 is 0 Å². The van der Waals surface area contributed by atoms with Crippen molar-refractivity contribution in [2.75, 3.05) is 20.7 Å². The molecule has 0 spiro atoms. The highest BCUT2D eigenvalue weighted by Gasteiger charge is 2.33. The van der Waals surface area contributed by atoms with Gasteiger partial charge in [-0.15, -0.1) is 0 Å². The zero-order chi connectivity index (χ0) is 7.78. The Hall–Kier alpha value is -0.120. The summed E-state index contributed by atoms with van der Waals surface area (Å²) in [5.74, 6) is -0.394. The molecule has 1 rings (SSSR count). The second-order valence-corrected chi connectivity index (χ2v) is 3.25. The number of ether oxygens (including phenoxy) is 2. The van der Waals surface area contributed by atoms with E-state index in [0.717, 1.165) is 0 Å². The van der Waals surface area contributed by atoms with Gasteiger partial charge in [-0.1, -0.05) is 0 Å². The molecule has 1 aliphatic heterocycles. The molecule has 0 aromatic rings. The third kappa shape index (κ3) is 1.68. The van der Waals surface area contributed by atoms with Crippen molar-refractivity contribution in [3.63, 3.8) is 0 Å². The van der Waals surface area contributed by atoms with Crippen molar-refractivity contribution in [1.29, 1.82) is 0 Å². The Morgan fingerprint density at radius 2 is 2.00 bits per heavy atom. The van der Waals surface area contributed by atoms with E-state index in [1.54, 1.807) is 0 Å². The van der Waals surface area contributed by atoms with Crippen molar-refractivity contribution in [3.8, 4) is 0 Å². The highest BCUT2D eigenvalue weighted by Crippen LogP contribution is 2.22. The van der Waals surface area contributed by atoms with Crippen LogP contribution >= 0.6 is 0 Å². The van der Waals surface area contributed by atoms with Crippen LogP contribution in [0.3, 0.4) is 0 Å². The smallest absolute Gasteiger partial charge is 0.165 e. The number of hydrogen-bond acceptors (Lipinski definition) is 3. The number of rotatable bonds is 1. The van der Waals surface area contributed by atoms with E-state index >= 15 is 0 Å². The van der Waals surface area contributed by atoms with Crippen LogP contribution in [0.1, 0.15) is 13.8 Å². The molecule has 0 aromatic carbocycles. The van der Waals surface area contributed by atoms with Crippen LogP contribution in [0.2, 0.25) is 0 Å². The zero-order valence-corrected chi connectivity index (χ0v) is 7.05. The third-order valence-corrected chi connectivity index (χ3v) is 1.57. The van der Waals surface area contributed by atoms with Crippen molar-refractivity contribution in [2.24, 2.45) is 0 Å². The number of nitrogens with zero attached hydrogens (tertiary/aromatic N) is 1. The van der Waals surface area contributed by atoms with Gasteiger partial charge in [0.2, 0.25) is 0 Å². The lowest BCUT2D eigenvalue weighted by Gasteiger charge is -2.20. The van der Waals surface area contributed by atoms with Crippen molar-refractivity contribution < 1.29 is 9.47 Å². The molecule has 1 fully saturated rings. The summed E-state index contributed by atoms with van der Waals surface area (Å²) < 4.78 is 10.9. The van der Waals surface area contributed by atoms with Gasteiger partial charge in [0.1, 0.15) is 6.23 Å². The highest BCUT2D eigenvalue weighted by atomic mass is 16.7. The van der Waals surface area contributed by atoms with Gasteiger partial charge >= 0.3 is 0 Å². The molecule has 3 nitrogen and oxygen atoms in total. The Balaban J connectivity index is 2.43. The van der Waals surface area contributed by atoms with Crippen LogP contribution in [-0.2, 0) is 9.47 Å². The average Bonchev–Trinajstić information content (AvgIpc) is 2.10. The molecule has 0 N–H and O–H groups in total. The third-order valence-electron chi connectivity index (χ3n) is 1.57. The Morgan fingerprint density at radius 1 is 1.40 bits per heavy atom. The minimum atomic E-state index is -0.394. The minimum absolute atomic E-state index is 0.120. The first-order chi connectivity index (χ1) is 4.51. The fraction of sp³-hybridized carbons (Fsp3) is 1.00. The molecule has 1 heterocycles. The Kier molecular flexibility index (Phi) is 1.99. The molecular formula is C7H15NO2. The van der Waals surface area contributed by atoms with E-state index in [9.17, 15) is 0 Å². The maximum atomic E-state index is 5.51. The lowest BCUT2D eigenvalue weighted by atomic mass is 10.4.